The van der Waals surface area contributed by atoms with Crippen molar-refractivity contribution in [3.63, 3.8) is 0 Å². The Labute approximate surface area is 130 Å². The molecule has 0 aliphatic carbocycles. The SMILES string of the molecule is COC(CO)C(C)(NC(=O)OC(C)(C)C)c1ccccc1F. The Morgan fingerprint density at radius 3 is 2.36 bits per heavy atom. The number of carbonyl (C=O) groups excluding carboxylic acids is 1. The lowest BCUT2D eigenvalue weighted by molar-refractivity contribution is -0.0238. The van der Waals surface area contributed by atoms with E-state index in [1.54, 1.807) is 39.8 Å². The third kappa shape index (κ3) is 4.42. The topological polar surface area (TPSA) is 67.8 Å². The van der Waals surface area contributed by atoms with E-state index in [9.17, 15) is 14.3 Å². The minimum absolute atomic E-state index is 0.210. The summed E-state index contributed by atoms with van der Waals surface area (Å²) in [5.41, 5.74) is -1.76. The molecular formula is C16H24FNO4. The molecule has 0 radical (unpaired) electrons. The fraction of sp³-hybridized carbons (Fsp3) is 0.562. The summed E-state index contributed by atoms with van der Waals surface area (Å²) in [6, 6.07) is 6.02. The number of aliphatic hydroxyl groups is 1. The van der Waals surface area contributed by atoms with Gasteiger partial charge in [0.1, 0.15) is 17.5 Å². The van der Waals surface area contributed by atoms with Crippen molar-refractivity contribution in [1.29, 1.82) is 0 Å². The molecule has 0 aliphatic rings. The number of nitrogens with one attached hydrogen (secondary N) is 1. The molecule has 22 heavy (non-hydrogen) atoms. The zero-order chi connectivity index (χ0) is 17.0. The largest absolute Gasteiger partial charge is 0.444 e. The number of aliphatic hydroxyl groups excluding tert-OH is 1. The summed E-state index contributed by atoms with van der Waals surface area (Å²) < 4.78 is 24.6. The van der Waals surface area contributed by atoms with E-state index in [0.29, 0.717) is 0 Å². The highest BCUT2D eigenvalue weighted by Gasteiger charge is 2.40. The molecule has 2 atom stereocenters. The summed E-state index contributed by atoms with van der Waals surface area (Å²) in [5.74, 6) is -0.503. The van der Waals surface area contributed by atoms with E-state index in [1.165, 1.54) is 19.2 Å². The molecule has 2 N–H and O–H groups in total. The Morgan fingerprint density at radius 1 is 1.32 bits per heavy atom. The van der Waals surface area contributed by atoms with E-state index in [4.69, 9.17) is 9.47 Å². The Bertz CT molecular complexity index is 511. The molecule has 0 bridgehead atoms. The van der Waals surface area contributed by atoms with Crippen LogP contribution in [0.5, 0.6) is 0 Å². The van der Waals surface area contributed by atoms with Crippen molar-refractivity contribution in [3.8, 4) is 0 Å². The van der Waals surface area contributed by atoms with Crippen LogP contribution in [-0.2, 0) is 15.0 Å². The van der Waals surface area contributed by atoms with Gasteiger partial charge in [-0.1, -0.05) is 18.2 Å². The van der Waals surface area contributed by atoms with E-state index in [0.717, 1.165) is 0 Å². The van der Waals surface area contributed by atoms with Crippen LogP contribution in [0.15, 0.2) is 24.3 Å². The lowest BCUT2D eigenvalue weighted by Gasteiger charge is -2.37. The van der Waals surface area contributed by atoms with Crippen LogP contribution in [-0.4, -0.2) is 36.6 Å². The molecule has 0 aliphatic heterocycles. The molecule has 1 amide bonds. The molecule has 0 spiro atoms. The number of rotatable bonds is 5. The Kier molecular flexibility index (Phi) is 5.91. The highest BCUT2D eigenvalue weighted by atomic mass is 19.1. The first-order valence-electron chi connectivity index (χ1n) is 7.04. The number of carbonyl (C=O) groups is 1. The zero-order valence-electron chi connectivity index (χ0n) is 13.6. The number of halogens is 1. The minimum Gasteiger partial charge on any atom is -0.444 e. The first-order valence-corrected chi connectivity index (χ1v) is 7.04. The number of hydrogen-bond donors (Lipinski definition) is 2. The van der Waals surface area contributed by atoms with Crippen molar-refractivity contribution in [2.75, 3.05) is 13.7 Å². The predicted molar refractivity (Wildman–Crippen MR) is 81.0 cm³/mol. The normalized spacial score (nSPS) is 15.8. The Hall–Kier alpha value is -1.66. The van der Waals surface area contributed by atoms with Gasteiger partial charge in [0.15, 0.2) is 0 Å². The molecule has 5 nitrogen and oxygen atoms in total. The summed E-state index contributed by atoms with van der Waals surface area (Å²) in [6.45, 7) is 6.38. The quantitative estimate of drug-likeness (QED) is 0.877. The number of ether oxygens (including phenoxy) is 2. The summed E-state index contributed by atoms with van der Waals surface area (Å²) in [5, 5.41) is 12.1. The van der Waals surface area contributed by atoms with Crippen LogP contribution in [0.25, 0.3) is 0 Å². The van der Waals surface area contributed by atoms with Crippen molar-refractivity contribution < 1.29 is 23.8 Å². The van der Waals surface area contributed by atoms with E-state index >= 15 is 0 Å². The average molecular weight is 313 g/mol. The highest BCUT2D eigenvalue weighted by molar-refractivity contribution is 5.69. The van der Waals surface area contributed by atoms with Gasteiger partial charge >= 0.3 is 6.09 Å². The fourth-order valence-electron chi connectivity index (χ4n) is 2.21. The molecule has 0 fully saturated rings. The van der Waals surface area contributed by atoms with Gasteiger partial charge in [0, 0.05) is 12.7 Å². The second-order valence-electron chi connectivity index (χ2n) is 6.22. The number of alkyl carbamates (subject to hydrolysis) is 1. The van der Waals surface area contributed by atoms with Gasteiger partial charge in [-0.2, -0.15) is 0 Å². The molecule has 1 aromatic rings. The summed E-state index contributed by atoms with van der Waals surface area (Å²) >= 11 is 0. The van der Waals surface area contributed by atoms with E-state index in [-0.39, 0.29) is 5.56 Å². The zero-order valence-corrected chi connectivity index (χ0v) is 13.6. The smallest absolute Gasteiger partial charge is 0.408 e. The molecule has 6 heteroatoms. The maximum Gasteiger partial charge on any atom is 0.408 e. The number of methoxy groups -OCH3 is 1. The van der Waals surface area contributed by atoms with Crippen molar-refractivity contribution in [2.45, 2.75) is 44.9 Å². The Balaban J connectivity index is 3.19. The van der Waals surface area contributed by atoms with Gasteiger partial charge in [0.2, 0.25) is 0 Å². The predicted octanol–water partition coefficient (Wildman–Crippen LogP) is 2.57. The fourth-order valence-corrected chi connectivity index (χ4v) is 2.21. The molecule has 0 heterocycles. The third-order valence-corrected chi connectivity index (χ3v) is 3.29. The molecule has 0 saturated carbocycles. The minimum atomic E-state index is -1.28. The van der Waals surface area contributed by atoms with Crippen LogP contribution < -0.4 is 5.32 Å². The maximum atomic E-state index is 14.2. The molecule has 1 aromatic carbocycles. The first-order chi connectivity index (χ1) is 10.1. The van der Waals surface area contributed by atoms with Crippen molar-refractivity contribution in [3.05, 3.63) is 35.6 Å². The van der Waals surface area contributed by atoms with Crippen molar-refractivity contribution >= 4 is 6.09 Å². The molecule has 124 valence electrons. The molecular weight excluding hydrogens is 289 g/mol. The van der Waals surface area contributed by atoms with Gasteiger partial charge in [0.25, 0.3) is 0 Å². The number of hydrogen-bond acceptors (Lipinski definition) is 4. The van der Waals surface area contributed by atoms with E-state index < -0.39 is 35.8 Å². The standard InChI is InChI=1S/C16H24FNO4/c1-15(2,3)22-14(20)18-16(4,13(10-19)21-5)11-8-6-7-9-12(11)17/h6-9,13,19H,10H2,1-5H3,(H,18,20). The Morgan fingerprint density at radius 2 is 1.91 bits per heavy atom. The lowest BCUT2D eigenvalue weighted by Crippen LogP contribution is -2.55. The monoisotopic (exact) mass is 313 g/mol. The van der Waals surface area contributed by atoms with Gasteiger partial charge in [-0.15, -0.1) is 0 Å². The van der Waals surface area contributed by atoms with Crippen molar-refractivity contribution in [2.24, 2.45) is 0 Å². The van der Waals surface area contributed by atoms with Crippen LogP contribution in [0.4, 0.5) is 9.18 Å². The lowest BCUT2D eigenvalue weighted by atomic mass is 9.86. The molecule has 1 rings (SSSR count). The van der Waals surface area contributed by atoms with Crippen LogP contribution in [0.1, 0.15) is 33.3 Å². The van der Waals surface area contributed by atoms with Gasteiger partial charge in [-0.05, 0) is 33.8 Å². The van der Waals surface area contributed by atoms with Gasteiger partial charge in [0.05, 0.1) is 12.1 Å². The molecule has 0 saturated heterocycles. The van der Waals surface area contributed by atoms with Crippen LogP contribution in [0, 0.1) is 5.82 Å². The summed E-state index contributed by atoms with van der Waals surface area (Å²) in [6.07, 6.45) is -1.55. The average Bonchev–Trinajstić information content (AvgIpc) is 2.37. The number of benzene rings is 1. The summed E-state index contributed by atoms with van der Waals surface area (Å²) in [4.78, 5) is 12.1. The maximum absolute atomic E-state index is 14.2. The first kappa shape index (κ1) is 18.4. The second-order valence-corrected chi connectivity index (χ2v) is 6.22. The van der Waals surface area contributed by atoms with Crippen LogP contribution in [0.3, 0.4) is 0 Å². The van der Waals surface area contributed by atoms with Gasteiger partial charge < -0.3 is 19.9 Å². The molecule has 0 aromatic heterocycles. The van der Waals surface area contributed by atoms with Crippen LogP contribution in [0.2, 0.25) is 0 Å². The molecule has 2 unspecified atom stereocenters. The third-order valence-electron chi connectivity index (χ3n) is 3.29. The van der Waals surface area contributed by atoms with E-state index in [1.807, 2.05) is 0 Å². The summed E-state index contributed by atoms with van der Waals surface area (Å²) in [7, 11) is 1.39. The second kappa shape index (κ2) is 7.07. The number of amides is 1. The van der Waals surface area contributed by atoms with Gasteiger partial charge in [-0.25, -0.2) is 9.18 Å². The van der Waals surface area contributed by atoms with Gasteiger partial charge in [-0.3, -0.25) is 0 Å². The highest BCUT2D eigenvalue weighted by Crippen LogP contribution is 2.29. The van der Waals surface area contributed by atoms with Crippen LogP contribution >= 0.6 is 0 Å². The van der Waals surface area contributed by atoms with E-state index in [2.05, 4.69) is 5.32 Å². The van der Waals surface area contributed by atoms with Crippen molar-refractivity contribution in [1.82, 2.24) is 5.32 Å².